The van der Waals surface area contributed by atoms with Crippen LogP contribution in [-0.4, -0.2) is 35.6 Å². The number of para-hydroxylation sites is 1. The number of rotatable bonds is 5. The van der Waals surface area contributed by atoms with Gasteiger partial charge in [0.25, 0.3) is 0 Å². The highest BCUT2D eigenvalue weighted by Gasteiger charge is 2.30. The van der Waals surface area contributed by atoms with Gasteiger partial charge >= 0.3 is 0 Å². The Morgan fingerprint density at radius 1 is 1.23 bits per heavy atom. The number of aromatic nitrogens is 1. The highest BCUT2D eigenvalue weighted by molar-refractivity contribution is 6.31. The Morgan fingerprint density at radius 2 is 2.10 bits per heavy atom. The van der Waals surface area contributed by atoms with Crippen molar-refractivity contribution in [1.29, 1.82) is 0 Å². The monoisotopic (exact) mass is 447 g/mol. The van der Waals surface area contributed by atoms with E-state index in [2.05, 4.69) is 10.5 Å². The van der Waals surface area contributed by atoms with E-state index < -0.39 is 0 Å². The second kappa shape index (κ2) is 8.84. The maximum atomic E-state index is 12.1. The van der Waals surface area contributed by atoms with Crippen LogP contribution in [-0.2, 0) is 17.8 Å². The van der Waals surface area contributed by atoms with Gasteiger partial charge in [-0.1, -0.05) is 28.9 Å². The molecular weight excluding hydrogens is 425 g/mol. The zero-order valence-corrected chi connectivity index (χ0v) is 18.0. The van der Waals surface area contributed by atoms with Crippen molar-refractivity contribution < 1.29 is 14.1 Å². The molecule has 2 aliphatic heterocycles. The molecule has 0 bridgehead atoms. The summed E-state index contributed by atoms with van der Waals surface area (Å²) in [7, 11) is 0. The molecule has 8 heteroatoms. The van der Waals surface area contributed by atoms with E-state index in [1.165, 1.54) is 0 Å². The van der Waals surface area contributed by atoms with Crippen LogP contribution in [0.3, 0.4) is 0 Å². The Hall–Kier alpha value is -2.28. The van der Waals surface area contributed by atoms with Gasteiger partial charge in [0.2, 0.25) is 5.91 Å². The second-order valence-electron chi connectivity index (χ2n) is 7.55. The van der Waals surface area contributed by atoms with Crippen LogP contribution in [0.4, 0.5) is 0 Å². The summed E-state index contributed by atoms with van der Waals surface area (Å²) in [5, 5.41) is 9.40. The molecule has 2 aliphatic rings. The van der Waals surface area contributed by atoms with Gasteiger partial charge in [0.1, 0.15) is 18.1 Å². The van der Waals surface area contributed by atoms with Gasteiger partial charge < -0.3 is 19.5 Å². The van der Waals surface area contributed by atoms with E-state index >= 15 is 0 Å². The number of hydrogen-bond donors (Lipinski definition) is 1. The molecule has 1 fully saturated rings. The molecule has 0 saturated carbocycles. The first-order chi connectivity index (χ1) is 14.2. The zero-order chi connectivity index (χ0) is 19.8. The summed E-state index contributed by atoms with van der Waals surface area (Å²) in [4.78, 5) is 14.1. The minimum Gasteiger partial charge on any atom is -0.487 e. The summed E-state index contributed by atoms with van der Waals surface area (Å²) < 4.78 is 11.6. The molecule has 30 heavy (non-hydrogen) atoms. The number of likely N-dealkylation sites (tertiary alicyclic amines) is 1. The van der Waals surface area contributed by atoms with Gasteiger partial charge in [-0.05, 0) is 49.2 Å². The fraction of sp³-hybridized carbons (Fsp3) is 0.364. The largest absolute Gasteiger partial charge is 0.487 e. The van der Waals surface area contributed by atoms with Crippen molar-refractivity contribution in [3.63, 3.8) is 0 Å². The van der Waals surface area contributed by atoms with Crippen LogP contribution in [0.2, 0.25) is 5.02 Å². The molecule has 0 aliphatic carbocycles. The first-order valence-electron chi connectivity index (χ1n) is 9.99. The quantitative estimate of drug-likeness (QED) is 0.631. The van der Waals surface area contributed by atoms with Crippen LogP contribution >= 0.6 is 24.0 Å². The fourth-order valence-corrected chi connectivity index (χ4v) is 4.57. The maximum absolute atomic E-state index is 12.1. The topological polar surface area (TPSA) is 67.6 Å². The van der Waals surface area contributed by atoms with Crippen LogP contribution in [0.5, 0.6) is 5.75 Å². The molecule has 0 spiro atoms. The van der Waals surface area contributed by atoms with Gasteiger partial charge in [0, 0.05) is 35.5 Å². The van der Waals surface area contributed by atoms with E-state index in [0.717, 1.165) is 64.5 Å². The second-order valence-corrected chi connectivity index (χ2v) is 7.96. The van der Waals surface area contributed by atoms with E-state index in [1.807, 2.05) is 41.3 Å². The lowest BCUT2D eigenvalue weighted by Crippen LogP contribution is -2.39. The molecule has 3 heterocycles. The third-order valence-corrected chi connectivity index (χ3v) is 6.12. The predicted molar refractivity (Wildman–Crippen MR) is 117 cm³/mol. The lowest BCUT2D eigenvalue weighted by Gasteiger charge is -2.32. The zero-order valence-electron chi connectivity index (χ0n) is 16.4. The predicted octanol–water partition coefficient (Wildman–Crippen LogP) is 4.29. The molecule has 3 aromatic rings. The molecule has 158 valence electrons. The highest BCUT2D eigenvalue weighted by atomic mass is 35.5. The third kappa shape index (κ3) is 3.87. The molecule has 1 saturated heterocycles. The average Bonchev–Trinajstić information content (AvgIpc) is 3.34. The minimum absolute atomic E-state index is 0. The van der Waals surface area contributed by atoms with Crippen LogP contribution in [0.25, 0.3) is 11.0 Å². The molecule has 1 amide bonds. The molecule has 0 unspecified atom stereocenters. The maximum Gasteiger partial charge on any atom is 0.222 e. The van der Waals surface area contributed by atoms with Gasteiger partial charge in [-0.15, -0.1) is 12.4 Å². The average molecular weight is 448 g/mol. The summed E-state index contributed by atoms with van der Waals surface area (Å²) >= 11 is 6.51. The number of amides is 1. The Morgan fingerprint density at radius 3 is 2.93 bits per heavy atom. The number of benzene rings is 2. The van der Waals surface area contributed by atoms with Crippen molar-refractivity contribution in [2.75, 3.05) is 19.6 Å². The normalized spacial score (nSPS) is 18.4. The molecule has 5 rings (SSSR count). The van der Waals surface area contributed by atoms with Gasteiger partial charge in [0.05, 0.1) is 6.04 Å². The first kappa shape index (κ1) is 21.0. The van der Waals surface area contributed by atoms with Crippen LogP contribution in [0.15, 0.2) is 40.9 Å². The summed E-state index contributed by atoms with van der Waals surface area (Å²) in [6.45, 7) is 2.58. The molecule has 1 N–H and O–H groups in total. The summed E-state index contributed by atoms with van der Waals surface area (Å²) in [5.74, 6) is 0.998. The van der Waals surface area contributed by atoms with Crippen molar-refractivity contribution >= 4 is 40.9 Å². The van der Waals surface area contributed by atoms with Gasteiger partial charge in [0.15, 0.2) is 5.58 Å². The lowest BCUT2D eigenvalue weighted by molar-refractivity contribution is -0.128. The molecule has 2 aromatic carbocycles. The number of halogens is 2. The standard InChI is InChI=1S/C22H22ClN3O3.ClH/c23-16-7-8-20(28-13-18-15-4-1-2-5-19(15)29-25-18)22-14(16)9-10-24-17(22)12-26-11-3-6-21(26)27;/h1-2,4-5,7-8,17,24H,3,6,9-13H2;1H/t17-;/m1./s1. The first-order valence-corrected chi connectivity index (χ1v) is 10.4. The molecule has 1 atom stereocenters. The van der Waals surface area contributed by atoms with E-state index in [1.54, 1.807) is 0 Å². The van der Waals surface area contributed by atoms with Crippen molar-refractivity contribution in [3.8, 4) is 5.75 Å². The van der Waals surface area contributed by atoms with Gasteiger partial charge in [-0.2, -0.15) is 0 Å². The Bertz CT molecular complexity index is 1070. The van der Waals surface area contributed by atoms with Crippen molar-refractivity contribution in [2.24, 2.45) is 0 Å². The SMILES string of the molecule is Cl.O=C1CCCN1C[C@H]1NCCc2c(Cl)ccc(OCc3noc4ccccc34)c21. The highest BCUT2D eigenvalue weighted by Crippen LogP contribution is 2.37. The number of carbonyl (C=O) groups is 1. The number of carbonyl (C=O) groups excluding carboxylic acids is 1. The number of nitrogens with one attached hydrogen (secondary N) is 1. The smallest absolute Gasteiger partial charge is 0.222 e. The minimum atomic E-state index is 0. The molecule has 6 nitrogen and oxygen atoms in total. The van der Waals surface area contributed by atoms with Crippen molar-refractivity contribution in [2.45, 2.75) is 31.9 Å². The van der Waals surface area contributed by atoms with Gasteiger partial charge in [-0.25, -0.2) is 0 Å². The van der Waals surface area contributed by atoms with Crippen LogP contribution in [0, 0.1) is 0 Å². The number of fused-ring (bicyclic) bond motifs is 2. The molecule has 0 radical (unpaired) electrons. The number of hydrogen-bond acceptors (Lipinski definition) is 5. The third-order valence-electron chi connectivity index (χ3n) is 5.76. The fourth-order valence-electron chi connectivity index (χ4n) is 4.31. The molecular formula is C22H23Cl2N3O3. The summed E-state index contributed by atoms with van der Waals surface area (Å²) in [6.07, 6.45) is 2.40. The van der Waals surface area contributed by atoms with Gasteiger partial charge in [-0.3, -0.25) is 4.79 Å². The van der Waals surface area contributed by atoms with Crippen LogP contribution in [0.1, 0.15) is 35.7 Å². The summed E-state index contributed by atoms with van der Waals surface area (Å²) in [5.41, 5.74) is 3.66. The van der Waals surface area contributed by atoms with Crippen molar-refractivity contribution in [1.82, 2.24) is 15.4 Å². The Labute approximate surface area is 185 Å². The molecule has 1 aromatic heterocycles. The lowest BCUT2D eigenvalue weighted by atomic mass is 9.92. The van der Waals surface area contributed by atoms with Crippen LogP contribution < -0.4 is 10.1 Å². The number of nitrogens with zero attached hydrogens (tertiary/aromatic N) is 2. The summed E-state index contributed by atoms with van der Waals surface area (Å²) in [6, 6.07) is 11.6. The van der Waals surface area contributed by atoms with Crippen molar-refractivity contribution in [3.05, 3.63) is 58.2 Å². The van der Waals surface area contributed by atoms with E-state index in [4.69, 9.17) is 20.9 Å². The van der Waals surface area contributed by atoms with E-state index in [9.17, 15) is 4.79 Å². The van der Waals surface area contributed by atoms with E-state index in [0.29, 0.717) is 19.6 Å². The number of ether oxygens (including phenoxy) is 1. The Balaban J connectivity index is 0.00000218. The Kier molecular flexibility index (Phi) is 6.18. The van der Waals surface area contributed by atoms with E-state index in [-0.39, 0.29) is 24.4 Å².